The highest BCUT2D eigenvalue weighted by Gasteiger charge is 2.11. The van der Waals surface area contributed by atoms with Crippen molar-refractivity contribution < 1.29 is 9.52 Å². The molecule has 78 valence electrons. The van der Waals surface area contributed by atoms with Crippen LogP contribution in [0.15, 0.2) is 34.9 Å². The summed E-state index contributed by atoms with van der Waals surface area (Å²) in [5.41, 5.74) is 6.22. The number of hydrogen-bond donors (Lipinski definition) is 2. The molecule has 0 saturated carbocycles. The number of aromatic hydroxyl groups is 1. The van der Waals surface area contributed by atoms with E-state index in [1.807, 2.05) is 13.0 Å². The number of phenolic OH excluding ortho intramolecular Hbond substituents is 1. The van der Waals surface area contributed by atoms with Gasteiger partial charge in [-0.25, -0.2) is 4.98 Å². The van der Waals surface area contributed by atoms with Crippen LogP contribution in [-0.4, -0.2) is 10.1 Å². The second kappa shape index (κ2) is 3.74. The zero-order valence-electron chi connectivity index (χ0n) is 8.34. The molecule has 1 aromatic carbocycles. The van der Waals surface area contributed by atoms with Gasteiger partial charge in [0.25, 0.3) is 0 Å². The van der Waals surface area contributed by atoms with Gasteiger partial charge >= 0.3 is 0 Å². The third kappa shape index (κ3) is 1.85. The number of oxazole rings is 1. The molecular formula is C11H12N2O2. The number of aromatic nitrogens is 1. The van der Waals surface area contributed by atoms with E-state index >= 15 is 0 Å². The van der Waals surface area contributed by atoms with Crippen LogP contribution in [0, 0.1) is 0 Å². The summed E-state index contributed by atoms with van der Waals surface area (Å²) < 4.78 is 5.42. The highest BCUT2D eigenvalue weighted by Crippen LogP contribution is 2.28. The van der Waals surface area contributed by atoms with Gasteiger partial charge in [0.15, 0.2) is 0 Å². The Morgan fingerprint density at radius 3 is 2.73 bits per heavy atom. The summed E-state index contributed by atoms with van der Waals surface area (Å²) in [4.78, 5) is 4.06. The number of benzene rings is 1. The van der Waals surface area contributed by atoms with Gasteiger partial charge in [0.2, 0.25) is 5.89 Å². The largest absolute Gasteiger partial charge is 0.507 e. The molecular weight excluding hydrogens is 192 g/mol. The molecule has 2 rings (SSSR count). The topological polar surface area (TPSA) is 72.3 Å². The summed E-state index contributed by atoms with van der Waals surface area (Å²) >= 11 is 0. The first-order valence-corrected chi connectivity index (χ1v) is 4.68. The third-order valence-electron chi connectivity index (χ3n) is 2.11. The van der Waals surface area contributed by atoms with Crippen molar-refractivity contribution in [3.63, 3.8) is 0 Å². The fourth-order valence-electron chi connectivity index (χ4n) is 1.28. The Labute approximate surface area is 87.4 Å². The van der Waals surface area contributed by atoms with Crippen molar-refractivity contribution in [1.82, 2.24) is 4.98 Å². The van der Waals surface area contributed by atoms with Crippen LogP contribution >= 0.6 is 0 Å². The van der Waals surface area contributed by atoms with E-state index in [2.05, 4.69) is 4.98 Å². The lowest BCUT2D eigenvalue weighted by Gasteiger charge is -2.00. The summed E-state index contributed by atoms with van der Waals surface area (Å²) in [6.07, 6.45) is 1.58. The van der Waals surface area contributed by atoms with Crippen LogP contribution in [0.4, 0.5) is 0 Å². The zero-order valence-corrected chi connectivity index (χ0v) is 8.34. The maximum Gasteiger partial charge on any atom is 0.230 e. The Morgan fingerprint density at radius 2 is 2.13 bits per heavy atom. The number of rotatable bonds is 2. The second-order valence-electron chi connectivity index (χ2n) is 3.37. The van der Waals surface area contributed by atoms with Gasteiger partial charge in [-0.1, -0.05) is 12.1 Å². The molecule has 1 unspecified atom stereocenters. The first-order valence-electron chi connectivity index (χ1n) is 4.68. The molecule has 0 saturated heterocycles. The van der Waals surface area contributed by atoms with Gasteiger partial charge in [-0.05, 0) is 19.1 Å². The van der Waals surface area contributed by atoms with Gasteiger partial charge in [-0.2, -0.15) is 0 Å². The number of nitrogens with two attached hydrogens (primary N) is 1. The molecule has 15 heavy (non-hydrogen) atoms. The molecule has 3 N–H and O–H groups in total. The molecule has 0 aliphatic rings. The monoisotopic (exact) mass is 204 g/mol. The Kier molecular flexibility index (Phi) is 2.43. The fourth-order valence-corrected chi connectivity index (χ4v) is 1.28. The average Bonchev–Trinajstić information content (AvgIpc) is 2.67. The smallest absolute Gasteiger partial charge is 0.230 e. The lowest BCUT2D eigenvalue weighted by atomic mass is 10.2. The van der Waals surface area contributed by atoms with Crippen LogP contribution in [0.1, 0.15) is 18.7 Å². The van der Waals surface area contributed by atoms with Gasteiger partial charge in [-0.15, -0.1) is 0 Å². The maximum atomic E-state index is 9.58. The first-order chi connectivity index (χ1) is 7.18. The molecule has 0 radical (unpaired) electrons. The predicted molar refractivity (Wildman–Crippen MR) is 56.2 cm³/mol. The summed E-state index contributed by atoms with van der Waals surface area (Å²) in [5.74, 6) is 1.14. The molecule has 0 spiro atoms. The van der Waals surface area contributed by atoms with Crippen molar-refractivity contribution in [1.29, 1.82) is 0 Å². The number of para-hydroxylation sites is 1. The van der Waals surface area contributed by atoms with Crippen LogP contribution in [0.3, 0.4) is 0 Å². The van der Waals surface area contributed by atoms with Gasteiger partial charge in [0.05, 0.1) is 17.8 Å². The Balaban J connectivity index is 2.42. The molecule has 0 amide bonds. The molecule has 0 aliphatic carbocycles. The molecule has 4 heteroatoms. The second-order valence-corrected chi connectivity index (χ2v) is 3.37. The minimum absolute atomic E-state index is 0.149. The normalized spacial score (nSPS) is 12.7. The molecule has 0 fully saturated rings. The van der Waals surface area contributed by atoms with Gasteiger partial charge in [-0.3, -0.25) is 0 Å². The number of nitrogens with zero attached hydrogens (tertiary/aromatic N) is 1. The van der Waals surface area contributed by atoms with Gasteiger partial charge in [0.1, 0.15) is 11.5 Å². The van der Waals surface area contributed by atoms with Crippen molar-refractivity contribution in [3.05, 3.63) is 36.2 Å². The lowest BCUT2D eigenvalue weighted by Crippen LogP contribution is -2.02. The standard InChI is InChI=1S/C11H12N2O2/c1-7(12)10-6-13-11(15-10)8-4-2-3-5-9(8)14/h2-7,14H,12H2,1H3. The summed E-state index contributed by atoms with van der Waals surface area (Å²) in [5, 5.41) is 9.58. The molecule has 1 heterocycles. The average molecular weight is 204 g/mol. The minimum atomic E-state index is -0.197. The SMILES string of the molecule is CC(N)c1cnc(-c2ccccc2O)o1. The summed E-state index contributed by atoms with van der Waals surface area (Å²) in [7, 11) is 0. The van der Waals surface area contributed by atoms with Crippen molar-refractivity contribution in [3.8, 4) is 17.2 Å². The maximum absolute atomic E-state index is 9.58. The zero-order chi connectivity index (χ0) is 10.8. The molecule has 1 aromatic heterocycles. The van der Waals surface area contributed by atoms with E-state index in [0.717, 1.165) is 0 Å². The Bertz CT molecular complexity index is 463. The molecule has 0 aliphatic heterocycles. The molecule has 0 bridgehead atoms. The number of phenols is 1. The Morgan fingerprint density at radius 1 is 1.40 bits per heavy atom. The fraction of sp³-hybridized carbons (Fsp3) is 0.182. The van der Waals surface area contributed by atoms with E-state index in [1.54, 1.807) is 24.4 Å². The van der Waals surface area contributed by atoms with E-state index in [9.17, 15) is 5.11 Å². The van der Waals surface area contributed by atoms with E-state index in [4.69, 9.17) is 10.2 Å². The van der Waals surface area contributed by atoms with E-state index in [0.29, 0.717) is 17.2 Å². The van der Waals surface area contributed by atoms with Crippen LogP contribution in [0.25, 0.3) is 11.5 Å². The predicted octanol–water partition coefficient (Wildman–Crippen LogP) is 2.07. The van der Waals surface area contributed by atoms with Crippen molar-refractivity contribution in [2.24, 2.45) is 5.73 Å². The first kappa shape index (κ1) is 9.73. The summed E-state index contributed by atoms with van der Waals surface area (Å²) in [6, 6.07) is 6.69. The molecule has 1 atom stereocenters. The van der Waals surface area contributed by atoms with Crippen LogP contribution in [0.2, 0.25) is 0 Å². The minimum Gasteiger partial charge on any atom is -0.507 e. The Hall–Kier alpha value is -1.81. The van der Waals surface area contributed by atoms with Crippen LogP contribution < -0.4 is 5.73 Å². The lowest BCUT2D eigenvalue weighted by molar-refractivity contribution is 0.463. The molecule has 4 nitrogen and oxygen atoms in total. The third-order valence-corrected chi connectivity index (χ3v) is 2.11. The molecule has 2 aromatic rings. The quantitative estimate of drug-likeness (QED) is 0.785. The van der Waals surface area contributed by atoms with Gasteiger partial charge in [0, 0.05) is 0 Å². The highest BCUT2D eigenvalue weighted by atomic mass is 16.4. The highest BCUT2D eigenvalue weighted by molar-refractivity contribution is 5.61. The van der Waals surface area contributed by atoms with Crippen LogP contribution in [0.5, 0.6) is 5.75 Å². The number of hydrogen-bond acceptors (Lipinski definition) is 4. The van der Waals surface area contributed by atoms with E-state index in [-0.39, 0.29) is 11.8 Å². The van der Waals surface area contributed by atoms with E-state index in [1.165, 1.54) is 0 Å². The van der Waals surface area contributed by atoms with Crippen molar-refractivity contribution >= 4 is 0 Å². The van der Waals surface area contributed by atoms with Gasteiger partial charge < -0.3 is 15.3 Å². The van der Waals surface area contributed by atoms with Crippen molar-refractivity contribution in [2.45, 2.75) is 13.0 Å². The summed E-state index contributed by atoms with van der Waals surface area (Å²) in [6.45, 7) is 1.81. The van der Waals surface area contributed by atoms with Crippen LogP contribution in [-0.2, 0) is 0 Å². The van der Waals surface area contributed by atoms with E-state index < -0.39 is 0 Å². The van der Waals surface area contributed by atoms with Crippen molar-refractivity contribution in [2.75, 3.05) is 0 Å².